The van der Waals surface area contributed by atoms with Crippen LogP contribution in [0.2, 0.25) is 0 Å². The van der Waals surface area contributed by atoms with Crippen LogP contribution in [0.15, 0.2) is 23.4 Å². The number of thioether (sulfide) groups is 1. The van der Waals surface area contributed by atoms with Crippen molar-refractivity contribution in [2.24, 2.45) is 0 Å². The lowest BCUT2D eigenvalue weighted by Gasteiger charge is -2.18. The van der Waals surface area contributed by atoms with Crippen LogP contribution in [0.4, 0.5) is 0 Å². The van der Waals surface area contributed by atoms with E-state index in [0.717, 1.165) is 17.5 Å². The number of carbonyl (C=O) groups is 1. The lowest BCUT2D eigenvalue weighted by atomic mass is 10.1. The molecule has 1 aromatic carbocycles. The molecule has 5 nitrogen and oxygen atoms in total. The summed E-state index contributed by atoms with van der Waals surface area (Å²) in [6.07, 6.45) is 2.42. The lowest BCUT2D eigenvalue weighted by Crippen LogP contribution is -2.28. The smallest absolute Gasteiger partial charge is 0.233 e. The van der Waals surface area contributed by atoms with Crippen LogP contribution < -0.4 is 0 Å². The Morgan fingerprint density at radius 3 is 2.72 bits per heavy atom. The Bertz CT molecular complexity index is 767. The molecule has 0 atom stereocenters. The molecule has 1 fully saturated rings. The largest absolute Gasteiger partial charge is 0.341 e. The minimum atomic E-state index is 0.114. The highest BCUT2D eigenvalue weighted by molar-refractivity contribution is 7.99. The number of hydrogen-bond acceptors (Lipinski definition) is 4. The van der Waals surface area contributed by atoms with Crippen LogP contribution in [0.3, 0.4) is 0 Å². The summed E-state index contributed by atoms with van der Waals surface area (Å²) < 4.78 is 2.15. The van der Waals surface area contributed by atoms with Gasteiger partial charge in [0.15, 0.2) is 5.16 Å². The Hall–Kier alpha value is -1.82. The van der Waals surface area contributed by atoms with E-state index >= 15 is 0 Å². The molecule has 1 aliphatic rings. The van der Waals surface area contributed by atoms with Crippen molar-refractivity contribution in [3.63, 3.8) is 0 Å². The van der Waals surface area contributed by atoms with Gasteiger partial charge in [-0.05, 0) is 44.7 Å². The zero-order valence-corrected chi connectivity index (χ0v) is 16.3. The monoisotopic (exact) mass is 358 g/mol. The van der Waals surface area contributed by atoms with E-state index in [-0.39, 0.29) is 5.91 Å². The van der Waals surface area contributed by atoms with Gasteiger partial charge >= 0.3 is 0 Å². The van der Waals surface area contributed by atoms with Crippen molar-refractivity contribution in [1.82, 2.24) is 19.7 Å². The molecular formula is C19H26N4OS. The number of rotatable bonds is 7. The van der Waals surface area contributed by atoms with E-state index < -0.39 is 0 Å². The highest BCUT2D eigenvalue weighted by Crippen LogP contribution is 2.39. The van der Waals surface area contributed by atoms with Gasteiger partial charge in [-0.2, -0.15) is 0 Å². The fraction of sp³-hybridized carbons (Fsp3) is 0.526. The van der Waals surface area contributed by atoms with Crippen molar-refractivity contribution >= 4 is 17.7 Å². The molecule has 0 bridgehead atoms. The van der Waals surface area contributed by atoms with E-state index in [0.29, 0.717) is 18.2 Å². The van der Waals surface area contributed by atoms with Gasteiger partial charge in [0, 0.05) is 26.1 Å². The first-order valence-electron chi connectivity index (χ1n) is 8.85. The third kappa shape index (κ3) is 4.24. The number of nitrogens with zero attached hydrogens (tertiary/aromatic N) is 4. The molecule has 25 heavy (non-hydrogen) atoms. The summed E-state index contributed by atoms with van der Waals surface area (Å²) in [6.45, 7) is 7.78. The van der Waals surface area contributed by atoms with Crippen LogP contribution in [0.25, 0.3) is 0 Å². The second-order valence-electron chi connectivity index (χ2n) is 6.83. The van der Waals surface area contributed by atoms with Gasteiger partial charge in [0.2, 0.25) is 5.91 Å². The van der Waals surface area contributed by atoms with E-state index in [1.54, 1.807) is 4.90 Å². The number of amides is 1. The van der Waals surface area contributed by atoms with Crippen LogP contribution in [0, 0.1) is 13.8 Å². The first-order chi connectivity index (χ1) is 12.0. The number of carbonyl (C=O) groups excluding carboxylic acids is 1. The molecule has 0 saturated heterocycles. The molecule has 0 N–H and O–H groups in total. The molecule has 1 aliphatic carbocycles. The van der Waals surface area contributed by atoms with Crippen molar-refractivity contribution in [3.05, 3.63) is 40.7 Å². The second-order valence-corrected chi connectivity index (χ2v) is 7.77. The van der Waals surface area contributed by atoms with Gasteiger partial charge in [-0.3, -0.25) is 4.79 Å². The highest BCUT2D eigenvalue weighted by Gasteiger charge is 2.30. The number of benzene rings is 1. The van der Waals surface area contributed by atoms with Crippen molar-refractivity contribution < 1.29 is 4.79 Å². The molecule has 6 heteroatoms. The predicted octanol–water partition coefficient (Wildman–Crippen LogP) is 3.54. The molecule has 1 amide bonds. The van der Waals surface area contributed by atoms with Gasteiger partial charge in [-0.15, -0.1) is 10.2 Å². The van der Waals surface area contributed by atoms with E-state index in [9.17, 15) is 4.79 Å². The number of aryl methyl sites for hydroxylation is 2. The van der Waals surface area contributed by atoms with Crippen LogP contribution in [0.1, 0.15) is 48.2 Å². The van der Waals surface area contributed by atoms with Gasteiger partial charge in [0.1, 0.15) is 5.82 Å². The SMILES string of the molecule is CCn1c(SCC(=O)N(C)Cc2ccc(C)cc2C)nnc1C1CC1. The van der Waals surface area contributed by atoms with Gasteiger partial charge in [0.25, 0.3) is 0 Å². The standard InChI is InChI=1S/C19H26N4OS/c1-5-23-18(15-8-9-15)20-21-19(23)25-12-17(24)22(4)11-16-7-6-13(2)10-14(16)3/h6-7,10,15H,5,8-9,11-12H2,1-4H3. The van der Waals surface area contributed by atoms with Gasteiger partial charge in [-0.1, -0.05) is 35.5 Å². The summed E-state index contributed by atoms with van der Waals surface area (Å²) in [6, 6.07) is 6.36. The second kappa shape index (κ2) is 7.60. The molecule has 0 spiro atoms. The lowest BCUT2D eigenvalue weighted by molar-refractivity contribution is -0.127. The molecule has 134 valence electrons. The van der Waals surface area contributed by atoms with Crippen LogP contribution >= 0.6 is 11.8 Å². The maximum atomic E-state index is 12.5. The van der Waals surface area contributed by atoms with Gasteiger partial charge < -0.3 is 9.47 Å². The Morgan fingerprint density at radius 1 is 1.32 bits per heavy atom. The summed E-state index contributed by atoms with van der Waals surface area (Å²) in [5, 5.41) is 9.48. The van der Waals surface area contributed by atoms with E-state index in [1.165, 1.54) is 41.3 Å². The Morgan fingerprint density at radius 2 is 2.08 bits per heavy atom. The molecule has 0 radical (unpaired) electrons. The minimum Gasteiger partial charge on any atom is -0.341 e. The maximum Gasteiger partial charge on any atom is 0.233 e. The Kier molecular flexibility index (Phi) is 5.47. The normalized spacial score (nSPS) is 13.9. The Labute approximate surface area is 153 Å². The molecular weight excluding hydrogens is 332 g/mol. The average molecular weight is 359 g/mol. The third-order valence-corrected chi connectivity index (χ3v) is 5.61. The van der Waals surface area contributed by atoms with E-state index in [1.807, 2.05) is 7.05 Å². The molecule has 2 aromatic rings. The fourth-order valence-electron chi connectivity index (χ4n) is 2.95. The molecule has 1 saturated carbocycles. The minimum absolute atomic E-state index is 0.114. The highest BCUT2D eigenvalue weighted by atomic mass is 32.2. The predicted molar refractivity (Wildman–Crippen MR) is 101 cm³/mol. The van der Waals surface area contributed by atoms with Crippen molar-refractivity contribution in [3.8, 4) is 0 Å². The Balaban J connectivity index is 1.58. The summed E-state index contributed by atoms with van der Waals surface area (Å²) in [7, 11) is 1.86. The summed E-state index contributed by atoms with van der Waals surface area (Å²) >= 11 is 1.49. The molecule has 0 unspecified atom stereocenters. The maximum absolute atomic E-state index is 12.5. The zero-order chi connectivity index (χ0) is 18.0. The quantitative estimate of drug-likeness (QED) is 0.710. The van der Waals surface area contributed by atoms with E-state index in [4.69, 9.17) is 0 Å². The van der Waals surface area contributed by atoms with Crippen molar-refractivity contribution in [2.75, 3.05) is 12.8 Å². The summed E-state index contributed by atoms with van der Waals surface area (Å²) in [5.41, 5.74) is 3.67. The number of aromatic nitrogens is 3. The van der Waals surface area contributed by atoms with Crippen LogP contribution in [-0.2, 0) is 17.9 Å². The molecule has 1 aromatic heterocycles. The first kappa shape index (κ1) is 18.0. The average Bonchev–Trinajstić information content (AvgIpc) is 3.35. The summed E-state index contributed by atoms with van der Waals surface area (Å²) in [4.78, 5) is 14.3. The van der Waals surface area contributed by atoms with E-state index in [2.05, 4.69) is 53.7 Å². The number of hydrogen-bond donors (Lipinski definition) is 0. The van der Waals surface area contributed by atoms with Crippen molar-refractivity contribution in [1.29, 1.82) is 0 Å². The molecule has 1 heterocycles. The van der Waals surface area contributed by atoms with Gasteiger partial charge in [0.05, 0.1) is 5.75 Å². The fourth-order valence-corrected chi connectivity index (χ4v) is 3.90. The van der Waals surface area contributed by atoms with Crippen molar-refractivity contribution in [2.45, 2.75) is 57.8 Å². The topological polar surface area (TPSA) is 51.0 Å². The van der Waals surface area contributed by atoms with Crippen LogP contribution in [-0.4, -0.2) is 38.4 Å². The third-order valence-electron chi connectivity index (χ3n) is 4.66. The van der Waals surface area contributed by atoms with Gasteiger partial charge in [-0.25, -0.2) is 0 Å². The molecule has 0 aliphatic heterocycles. The first-order valence-corrected chi connectivity index (χ1v) is 9.84. The van der Waals surface area contributed by atoms with Crippen LogP contribution in [0.5, 0.6) is 0 Å². The zero-order valence-electron chi connectivity index (χ0n) is 15.5. The summed E-state index contributed by atoms with van der Waals surface area (Å²) in [5.74, 6) is 2.17. The molecule has 3 rings (SSSR count).